The maximum absolute atomic E-state index is 13.1. The number of carbonyl (C=O) groups excluding carboxylic acids is 4. The monoisotopic (exact) mass is 518 g/mol. The molecule has 0 aliphatic rings. The van der Waals surface area contributed by atoms with E-state index < -0.39 is 17.7 Å². The topological polar surface area (TPSA) is 118 Å². The fourth-order valence-corrected chi connectivity index (χ4v) is 5.19. The van der Waals surface area contributed by atoms with Crippen LogP contribution in [0.2, 0.25) is 5.02 Å². The van der Waals surface area contributed by atoms with Gasteiger partial charge in [-0.15, -0.1) is 22.7 Å². The van der Waals surface area contributed by atoms with E-state index in [-0.39, 0.29) is 24.4 Å². The molecule has 0 aliphatic carbocycles. The molecule has 34 heavy (non-hydrogen) atoms. The highest BCUT2D eigenvalue weighted by molar-refractivity contribution is 7.16. The number of nitrogens with one attached hydrogen (secondary N) is 2. The molecule has 2 amide bonds. The number of amides is 2. The summed E-state index contributed by atoms with van der Waals surface area (Å²) in [5.41, 5.74) is 1.46. The summed E-state index contributed by atoms with van der Waals surface area (Å²) in [5, 5.41) is 6.60. The number of thiazole rings is 2. The molecule has 2 N–H and O–H groups in total. The van der Waals surface area contributed by atoms with Crippen molar-refractivity contribution in [2.24, 2.45) is 5.92 Å². The zero-order valence-corrected chi connectivity index (χ0v) is 21.4. The van der Waals surface area contributed by atoms with Crippen molar-refractivity contribution in [2.45, 2.75) is 40.5 Å². The summed E-state index contributed by atoms with van der Waals surface area (Å²) in [6.07, 6.45) is 0.169. The summed E-state index contributed by atoms with van der Waals surface area (Å²) in [7, 11) is 0. The first-order chi connectivity index (χ1) is 16.0. The lowest BCUT2D eigenvalue weighted by atomic mass is 9.95. The van der Waals surface area contributed by atoms with Crippen LogP contribution in [0.25, 0.3) is 0 Å². The van der Waals surface area contributed by atoms with Crippen LogP contribution in [-0.2, 0) is 16.0 Å². The van der Waals surface area contributed by atoms with Gasteiger partial charge in [0.1, 0.15) is 11.4 Å². The van der Waals surface area contributed by atoms with E-state index >= 15 is 0 Å². The van der Waals surface area contributed by atoms with Crippen molar-refractivity contribution in [1.29, 1.82) is 0 Å². The first-order valence-corrected chi connectivity index (χ1v) is 12.4. The normalized spacial score (nSPS) is 11.7. The molecule has 0 fully saturated rings. The van der Waals surface area contributed by atoms with Crippen molar-refractivity contribution in [3.63, 3.8) is 0 Å². The number of aromatic nitrogens is 2. The third kappa shape index (κ3) is 6.55. The highest BCUT2D eigenvalue weighted by atomic mass is 35.5. The van der Waals surface area contributed by atoms with Crippen LogP contribution in [0, 0.1) is 19.8 Å². The van der Waals surface area contributed by atoms with Crippen LogP contribution in [0.5, 0.6) is 0 Å². The average Bonchev–Trinajstić information content (AvgIpc) is 3.30. The Morgan fingerprint density at radius 1 is 0.882 bits per heavy atom. The number of halogens is 1. The van der Waals surface area contributed by atoms with Gasteiger partial charge in [-0.25, -0.2) is 9.97 Å². The Kier molecular flexibility index (Phi) is 8.29. The van der Waals surface area contributed by atoms with E-state index in [4.69, 9.17) is 11.6 Å². The van der Waals surface area contributed by atoms with E-state index in [2.05, 4.69) is 20.6 Å². The summed E-state index contributed by atoms with van der Waals surface area (Å²) in [5.74, 6) is -1.89. The molecule has 1 aromatic carbocycles. The van der Waals surface area contributed by atoms with Gasteiger partial charge in [-0.2, -0.15) is 0 Å². The molecule has 3 aromatic rings. The molecule has 0 bridgehead atoms. The molecule has 0 saturated heterocycles. The molecular weight excluding hydrogens is 496 g/mol. The number of aryl methyl sites for hydroxylation is 2. The highest BCUT2D eigenvalue weighted by Crippen LogP contribution is 2.26. The van der Waals surface area contributed by atoms with Crippen LogP contribution in [0.3, 0.4) is 0 Å². The summed E-state index contributed by atoms with van der Waals surface area (Å²) in [4.78, 5) is 59.0. The van der Waals surface area contributed by atoms with Crippen molar-refractivity contribution >= 4 is 67.9 Å². The Balaban J connectivity index is 1.77. The molecule has 2 heterocycles. The molecule has 0 unspecified atom stereocenters. The second-order valence-electron chi connectivity index (χ2n) is 7.73. The number of rotatable bonds is 9. The number of hydrogen-bond donors (Lipinski definition) is 2. The number of benzene rings is 1. The molecule has 0 radical (unpaired) electrons. The number of carbonyl (C=O) groups is 4. The van der Waals surface area contributed by atoms with Crippen molar-refractivity contribution in [3.05, 3.63) is 56.0 Å². The standard InChI is InChI=1S/C23H23ClN4O4S2/c1-11(29)19-13(3)33-22(26-19)25-18(31)10-16(9-15-5-7-17(24)8-6-15)21(32)28-23-27-20(12(2)30)14(4)34-23/h5-8,16H,9-10H2,1-4H3,(H,25,26,31)(H,27,28,32)/t16-/m0/s1. The van der Waals surface area contributed by atoms with Crippen LogP contribution >= 0.6 is 34.3 Å². The summed E-state index contributed by atoms with van der Waals surface area (Å²) < 4.78 is 0. The zero-order valence-electron chi connectivity index (χ0n) is 19.0. The predicted octanol–water partition coefficient (Wildman–Crippen LogP) is 5.10. The van der Waals surface area contributed by atoms with Crippen LogP contribution in [-0.4, -0.2) is 33.3 Å². The third-order valence-corrected chi connectivity index (χ3v) is 6.96. The third-order valence-electron chi connectivity index (χ3n) is 4.93. The van der Waals surface area contributed by atoms with Crippen molar-refractivity contribution in [1.82, 2.24) is 9.97 Å². The quantitative estimate of drug-likeness (QED) is 0.380. The van der Waals surface area contributed by atoms with Gasteiger partial charge in [0, 0.05) is 35.0 Å². The molecule has 2 aromatic heterocycles. The molecule has 1 atom stereocenters. The summed E-state index contributed by atoms with van der Waals surface area (Å²) in [6.45, 7) is 6.34. The molecule has 11 heteroatoms. The lowest BCUT2D eigenvalue weighted by Gasteiger charge is -2.16. The van der Waals surface area contributed by atoms with E-state index in [9.17, 15) is 19.2 Å². The first kappa shape index (κ1) is 25.7. The number of Topliss-reactive ketones (excluding diaryl/α,β-unsaturated/α-hetero) is 2. The SMILES string of the molecule is CC(=O)c1nc(NC(=O)C[C@H](Cc2ccc(Cl)cc2)C(=O)Nc2nc(C(C)=O)c(C)s2)sc1C. The maximum Gasteiger partial charge on any atom is 0.230 e. The first-order valence-electron chi connectivity index (χ1n) is 10.4. The molecule has 8 nitrogen and oxygen atoms in total. The lowest BCUT2D eigenvalue weighted by Crippen LogP contribution is -2.29. The van der Waals surface area contributed by atoms with E-state index in [1.54, 1.807) is 38.1 Å². The summed E-state index contributed by atoms with van der Waals surface area (Å²) in [6, 6.07) is 7.03. The molecule has 0 saturated carbocycles. The zero-order chi connectivity index (χ0) is 25.0. The number of nitrogens with zero attached hydrogens (tertiary/aromatic N) is 2. The van der Waals surface area contributed by atoms with Crippen LogP contribution in [0.4, 0.5) is 10.3 Å². The van der Waals surface area contributed by atoms with Gasteiger partial charge in [0.05, 0.1) is 5.92 Å². The van der Waals surface area contributed by atoms with E-state index in [0.717, 1.165) is 5.56 Å². The Hall–Kier alpha value is -2.95. The number of hydrogen-bond acceptors (Lipinski definition) is 8. The fourth-order valence-electron chi connectivity index (χ4n) is 3.32. The van der Waals surface area contributed by atoms with Crippen molar-refractivity contribution < 1.29 is 19.2 Å². The van der Waals surface area contributed by atoms with Gasteiger partial charge in [-0.05, 0) is 38.0 Å². The van der Waals surface area contributed by atoms with Gasteiger partial charge in [-0.3, -0.25) is 19.2 Å². The highest BCUT2D eigenvalue weighted by Gasteiger charge is 2.25. The van der Waals surface area contributed by atoms with E-state index in [1.807, 2.05) is 0 Å². The predicted molar refractivity (Wildman–Crippen MR) is 134 cm³/mol. The molecule has 0 spiro atoms. The summed E-state index contributed by atoms with van der Waals surface area (Å²) >= 11 is 8.37. The van der Waals surface area contributed by atoms with Gasteiger partial charge in [0.2, 0.25) is 11.8 Å². The van der Waals surface area contributed by atoms with E-state index in [1.165, 1.54) is 36.5 Å². The van der Waals surface area contributed by atoms with Gasteiger partial charge in [0.15, 0.2) is 21.8 Å². The minimum Gasteiger partial charge on any atom is -0.302 e. The van der Waals surface area contributed by atoms with Crippen LogP contribution in [0.15, 0.2) is 24.3 Å². The minimum atomic E-state index is -0.723. The van der Waals surface area contributed by atoms with E-state index in [0.29, 0.717) is 36.4 Å². The van der Waals surface area contributed by atoms with Gasteiger partial charge >= 0.3 is 0 Å². The Morgan fingerprint density at radius 3 is 1.85 bits per heavy atom. The van der Waals surface area contributed by atoms with Crippen molar-refractivity contribution in [2.75, 3.05) is 10.6 Å². The molecular formula is C23H23ClN4O4S2. The lowest BCUT2D eigenvalue weighted by molar-refractivity contribution is -0.124. The second-order valence-corrected chi connectivity index (χ2v) is 10.6. The maximum atomic E-state index is 13.1. The number of ketones is 2. The van der Waals surface area contributed by atoms with Crippen LogP contribution < -0.4 is 10.6 Å². The largest absolute Gasteiger partial charge is 0.302 e. The Morgan fingerprint density at radius 2 is 1.38 bits per heavy atom. The average molecular weight is 519 g/mol. The van der Waals surface area contributed by atoms with Gasteiger partial charge < -0.3 is 10.6 Å². The Bertz CT molecular complexity index is 1250. The van der Waals surface area contributed by atoms with Gasteiger partial charge in [0.25, 0.3) is 0 Å². The van der Waals surface area contributed by atoms with Crippen molar-refractivity contribution in [3.8, 4) is 0 Å². The molecule has 178 valence electrons. The van der Waals surface area contributed by atoms with Gasteiger partial charge in [-0.1, -0.05) is 23.7 Å². The fraction of sp³-hybridized carbons (Fsp3) is 0.304. The van der Waals surface area contributed by atoms with Crippen LogP contribution in [0.1, 0.15) is 56.6 Å². The molecule has 3 rings (SSSR count). The second kappa shape index (κ2) is 11.0. The number of anilines is 2. The molecule has 0 aliphatic heterocycles. The Labute approximate surface area is 209 Å². The minimum absolute atomic E-state index is 0.119. The smallest absolute Gasteiger partial charge is 0.230 e.